The summed E-state index contributed by atoms with van der Waals surface area (Å²) in [5.74, 6) is 0. The number of anilines is 1. The summed E-state index contributed by atoms with van der Waals surface area (Å²) in [6.07, 6.45) is 5.82. The van der Waals surface area contributed by atoms with Gasteiger partial charge in [-0.3, -0.25) is 4.90 Å². The molecule has 1 aliphatic heterocycles. The number of aliphatic hydroxyl groups is 1. The number of benzene rings is 1. The van der Waals surface area contributed by atoms with E-state index >= 15 is 0 Å². The standard InChI is InChI=1S/C17H26N2O/c20-17-10-6-2-5-9-16(17)19-13-11-18(12-14-19)15-7-3-1-4-8-15/h1,3-4,7-8,16-17,20H,2,5-6,9-14H2. The van der Waals surface area contributed by atoms with Gasteiger partial charge in [0.2, 0.25) is 0 Å². The van der Waals surface area contributed by atoms with E-state index in [4.69, 9.17) is 0 Å². The lowest BCUT2D eigenvalue weighted by atomic mass is 10.0. The Kier molecular flexibility index (Phi) is 4.58. The van der Waals surface area contributed by atoms with E-state index in [2.05, 4.69) is 40.1 Å². The molecule has 2 atom stereocenters. The molecule has 1 saturated heterocycles. The van der Waals surface area contributed by atoms with Gasteiger partial charge in [-0.15, -0.1) is 0 Å². The zero-order valence-corrected chi connectivity index (χ0v) is 12.2. The maximum absolute atomic E-state index is 10.3. The molecule has 0 aromatic heterocycles. The molecule has 0 amide bonds. The Bertz CT molecular complexity index is 401. The van der Waals surface area contributed by atoms with Gasteiger partial charge in [-0.05, 0) is 25.0 Å². The van der Waals surface area contributed by atoms with Gasteiger partial charge >= 0.3 is 0 Å². The largest absolute Gasteiger partial charge is 0.391 e. The smallest absolute Gasteiger partial charge is 0.0695 e. The topological polar surface area (TPSA) is 26.7 Å². The summed E-state index contributed by atoms with van der Waals surface area (Å²) >= 11 is 0. The number of hydrogen-bond acceptors (Lipinski definition) is 3. The van der Waals surface area contributed by atoms with Crippen LogP contribution in [0, 0.1) is 0 Å². The highest BCUT2D eigenvalue weighted by atomic mass is 16.3. The van der Waals surface area contributed by atoms with Crippen LogP contribution in [0.4, 0.5) is 5.69 Å². The highest BCUT2D eigenvalue weighted by Gasteiger charge is 2.29. The van der Waals surface area contributed by atoms with Gasteiger partial charge in [-0.2, -0.15) is 0 Å². The zero-order valence-electron chi connectivity index (χ0n) is 12.2. The van der Waals surface area contributed by atoms with Crippen molar-refractivity contribution in [1.82, 2.24) is 4.90 Å². The van der Waals surface area contributed by atoms with E-state index in [0.717, 1.165) is 32.6 Å². The van der Waals surface area contributed by atoms with Gasteiger partial charge in [0.05, 0.1) is 6.10 Å². The van der Waals surface area contributed by atoms with Crippen molar-refractivity contribution in [2.24, 2.45) is 0 Å². The molecule has 0 spiro atoms. The fourth-order valence-electron chi connectivity index (χ4n) is 3.65. The highest BCUT2D eigenvalue weighted by molar-refractivity contribution is 5.46. The van der Waals surface area contributed by atoms with Crippen molar-refractivity contribution in [2.45, 2.75) is 44.2 Å². The summed E-state index contributed by atoms with van der Waals surface area (Å²) < 4.78 is 0. The molecule has 0 bridgehead atoms. The number of piperazine rings is 1. The van der Waals surface area contributed by atoms with Crippen LogP contribution in [-0.4, -0.2) is 48.3 Å². The molecule has 1 aromatic carbocycles. The molecule has 3 rings (SSSR count). The zero-order chi connectivity index (χ0) is 13.8. The van der Waals surface area contributed by atoms with Crippen LogP contribution in [0.3, 0.4) is 0 Å². The van der Waals surface area contributed by atoms with E-state index in [9.17, 15) is 5.11 Å². The van der Waals surface area contributed by atoms with Crippen molar-refractivity contribution in [3.8, 4) is 0 Å². The van der Waals surface area contributed by atoms with Crippen molar-refractivity contribution >= 4 is 5.69 Å². The minimum Gasteiger partial charge on any atom is -0.391 e. The molecule has 1 N–H and O–H groups in total. The third kappa shape index (κ3) is 3.15. The Labute approximate surface area is 122 Å². The fourth-order valence-corrected chi connectivity index (χ4v) is 3.65. The van der Waals surface area contributed by atoms with E-state index in [1.165, 1.54) is 31.4 Å². The molecular formula is C17H26N2O. The third-order valence-corrected chi connectivity index (χ3v) is 4.85. The lowest BCUT2D eigenvalue weighted by Gasteiger charge is -2.41. The average molecular weight is 274 g/mol. The predicted molar refractivity (Wildman–Crippen MR) is 83.1 cm³/mol. The quantitative estimate of drug-likeness (QED) is 0.839. The van der Waals surface area contributed by atoms with Crippen molar-refractivity contribution < 1.29 is 5.11 Å². The first kappa shape index (κ1) is 13.9. The van der Waals surface area contributed by atoms with Gasteiger partial charge < -0.3 is 10.0 Å². The molecule has 1 aliphatic carbocycles. The molecule has 1 heterocycles. The number of rotatable bonds is 2. The Morgan fingerprint density at radius 3 is 2.30 bits per heavy atom. The van der Waals surface area contributed by atoms with E-state index < -0.39 is 0 Å². The summed E-state index contributed by atoms with van der Waals surface area (Å²) in [5, 5.41) is 10.3. The summed E-state index contributed by atoms with van der Waals surface area (Å²) in [6.45, 7) is 4.31. The van der Waals surface area contributed by atoms with E-state index in [1.54, 1.807) is 0 Å². The predicted octanol–water partition coefficient (Wildman–Crippen LogP) is 2.50. The first-order valence-electron chi connectivity index (χ1n) is 8.07. The lowest BCUT2D eigenvalue weighted by Crippen LogP contribution is -2.53. The van der Waals surface area contributed by atoms with Gasteiger partial charge in [0.15, 0.2) is 0 Å². The summed E-state index contributed by atoms with van der Waals surface area (Å²) in [4.78, 5) is 4.98. The van der Waals surface area contributed by atoms with Crippen LogP contribution in [0.5, 0.6) is 0 Å². The van der Waals surface area contributed by atoms with Crippen molar-refractivity contribution in [1.29, 1.82) is 0 Å². The minimum atomic E-state index is -0.110. The molecule has 1 aromatic rings. The maximum Gasteiger partial charge on any atom is 0.0695 e. The van der Waals surface area contributed by atoms with Crippen LogP contribution in [0.1, 0.15) is 32.1 Å². The second-order valence-electron chi connectivity index (χ2n) is 6.13. The average Bonchev–Trinajstić information content (AvgIpc) is 2.73. The number of aliphatic hydroxyl groups excluding tert-OH is 1. The molecule has 3 heteroatoms. The lowest BCUT2D eigenvalue weighted by molar-refractivity contribution is 0.0410. The molecule has 2 fully saturated rings. The van der Waals surface area contributed by atoms with Crippen LogP contribution in [-0.2, 0) is 0 Å². The van der Waals surface area contributed by atoms with Gasteiger partial charge in [-0.1, -0.05) is 37.5 Å². The Morgan fingerprint density at radius 2 is 1.55 bits per heavy atom. The Balaban J connectivity index is 1.58. The second-order valence-corrected chi connectivity index (χ2v) is 6.13. The van der Waals surface area contributed by atoms with E-state index in [1.807, 2.05) is 0 Å². The maximum atomic E-state index is 10.3. The van der Waals surface area contributed by atoms with Crippen LogP contribution < -0.4 is 4.90 Å². The molecule has 1 saturated carbocycles. The first-order valence-corrected chi connectivity index (χ1v) is 8.07. The monoisotopic (exact) mass is 274 g/mol. The van der Waals surface area contributed by atoms with Gasteiger partial charge in [0.25, 0.3) is 0 Å². The van der Waals surface area contributed by atoms with E-state index in [0.29, 0.717) is 6.04 Å². The molecule has 3 nitrogen and oxygen atoms in total. The first-order chi connectivity index (χ1) is 9.84. The number of para-hydroxylation sites is 1. The van der Waals surface area contributed by atoms with Crippen LogP contribution in [0.2, 0.25) is 0 Å². The number of hydrogen-bond donors (Lipinski definition) is 1. The fraction of sp³-hybridized carbons (Fsp3) is 0.647. The summed E-state index contributed by atoms with van der Waals surface area (Å²) in [6, 6.07) is 11.1. The molecule has 110 valence electrons. The normalized spacial score (nSPS) is 29.1. The molecule has 0 radical (unpaired) electrons. The third-order valence-electron chi connectivity index (χ3n) is 4.85. The molecule has 2 aliphatic rings. The van der Waals surface area contributed by atoms with Crippen molar-refractivity contribution in [2.75, 3.05) is 31.1 Å². The Morgan fingerprint density at radius 1 is 0.850 bits per heavy atom. The van der Waals surface area contributed by atoms with Crippen molar-refractivity contribution in [3.05, 3.63) is 30.3 Å². The van der Waals surface area contributed by atoms with Crippen LogP contribution >= 0.6 is 0 Å². The molecule has 2 unspecified atom stereocenters. The van der Waals surface area contributed by atoms with Crippen LogP contribution in [0.15, 0.2) is 30.3 Å². The Hall–Kier alpha value is -1.06. The molecule has 20 heavy (non-hydrogen) atoms. The highest BCUT2D eigenvalue weighted by Crippen LogP contribution is 2.24. The summed E-state index contributed by atoms with van der Waals surface area (Å²) in [7, 11) is 0. The van der Waals surface area contributed by atoms with Crippen molar-refractivity contribution in [3.63, 3.8) is 0 Å². The summed E-state index contributed by atoms with van der Waals surface area (Å²) in [5.41, 5.74) is 1.33. The molecular weight excluding hydrogens is 248 g/mol. The minimum absolute atomic E-state index is 0.110. The number of nitrogens with zero attached hydrogens (tertiary/aromatic N) is 2. The van der Waals surface area contributed by atoms with Crippen LogP contribution in [0.25, 0.3) is 0 Å². The van der Waals surface area contributed by atoms with E-state index in [-0.39, 0.29) is 6.10 Å². The second kappa shape index (κ2) is 6.59. The SMILES string of the molecule is OC1CCCCCC1N1CCN(c2ccccc2)CC1. The van der Waals surface area contributed by atoms with Gasteiger partial charge in [0, 0.05) is 37.9 Å². The van der Waals surface area contributed by atoms with Gasteiger partial charge in [0.1, 0.15) is 0 Å². The van der Waals surface area contributed by atoms with Gasteiger partial charge in [-0.25, -0.2) is 0 Å².